The molecule has 2 aliphatic carbocycles. The molecule has 2 N–H and O–H groups in total. The summed E-state index contributed by atoms with van der Waals surface area (Å²) in [6.07, 6.45) is 9.49. The van der Waals surface area contributed by atoms with Gasteiger partial charge in [-0.25, -0.2) is 4.57 Å². The topological polar surface area (TPSA) is 66.8 Å². The van der Waals surface area contributed by atoms with Gasteiger partial charge in [0, 0.05) is 0 Å². The molecule has 0 aromatic carbocycles. The molecule has 0 aromatic heterocycles. The molecule has 5 heteroatoms. The van der Waals surface area contributed by atoms with E-state index in [2.05, 4.69) is 13.8 Å². The van der Waals surface area contributed by atoms with Crippen molar-refractivity contribution in [3.63, 3.8) is 0 Å². The molecule has 0 radical (unpaired) electrons. The third-order valence-electron chi connectivity index (χ3n) is 5.89. The fourth-order valence-corrected chi connectivity index (χ4v) is 5.41. The number of hydrogen-bond acceptors (Lipinski definition) is 2. The van der Waals surface area contributed by atoms with E-state index in [1.807, 2.05) is 6.92 Å². The molecule has 2 rings (SSSR count). The average molecular weight is 318 g/mol. The van der Waals surface area contributed by atoms with E-state index < -0.39 is 13.4 Å². The maximum atomic E-state index is 11.5. The van der Waals surface area contributed by atoms with E-state index in [0.29, 0.717) is 23.7 Å². The number of phosphoric acid groups is 1. The molecule has 2 fully saturated rings. The van der Waals surface area contributed by atoms with Crippen LogP contribution in [0, 0.1) is 17.3 Å². The highest BCUT2D eigenvalue weighted by atomic mass is 31.2. The summed E-state index contributed by atoms with van der Waals surface area (Å²) in [5.41, 5.74) is -0.187. The molecular formula is C16H31O4P. The lowest BCUT2D eigenvalue weighted by molar-refractivity contribution is -0.0784. The van der Waals surface area contributed by atoms with Crippen LogP contribution in [-0.4, -0.2) is 15.4 Å². The van der Waals surface area contributed by atoms with Crippen molar-refractivity contribution in [2.75, 3.05) is 0 Å². The maximum absolute atomic E-state index is 11.5. The van der Waals surface area contributed by atoms with Crippen molar-refractivity contribution >= 4 is 7.82 Å². The van der Waals surface area contributed by atoms with Crippen LogP contribution in [0.2, 0.25) is 0 Å². The SMILES string of the molecule is CCC1(OP(=O)(O)O)CCCCC1C1CCC(C)(C)CC1. The van der Waals surface area contributed by atoms with Gasteiger partial charge in [-0.3, -0.25) is 4.52 Å². The fourth-order valence-electron chi connectivity index (χ4n) is 4.58. The monoisotopic (exact) mass is 318 g/mol. The lowest BCUT2D eigenvalue weighted by Crippen LogP contribution is -2.46. The van der Waals surface area contributed by atoms with Crippen LogP contribution in [-0.2, 0) is 9.09 Å². The summed E-state index contributed by atoms with van der Waals surface area (Å²) in [5.74, 6) is 0.866. The first-order valence-electron chi connectivity index (χ1n) is 8.44. The van der Waals surface area contributed by atoms with E-state index >= 15 is 0 Å². The van der Waals surface area contributed by atoms with Gasteiger partial charge in [-0.05, 0) is 62.2 Å². The second kappa shape index (κ2) is 6.31. The van der Waals surface area contributed by atoms with Crippen molar-refractivity contribution in [3.8, 4) is 0 Å². The van der Waals surface area contributed by atoms with E-state index in [0.717, 1.165) is 25.7 Å². The molecule has 2 atom stereocenters. The standard InChI is InChI=1S/C16H31O4P/c1-4-16(20-21(17,18)19)10-6-5-7-14(16)13-8-11-15(2,3)12-9-13/h13-14H,4-12H2,1-3H3,(H2,17,18,19). The molecule has 0 heterocycles. The molecule has 124 valence electrons. The van der Waals surface area contributed by atoms with Crippen molar-refractivity contribution in [1.29, 1.82) is 0 Å². The van der Waals surface area contributed by atoms with Crippen LogP contribution in [0.4, 0.5) is 0 Å². The molecular weight excluding hydrogens is 287 g/mol. The highest BCUT2D eigenvalue weighted by molar-refractivity contribution is 7.46. The van der Waals surface area contributed by atoms with Crippen LogP contribution in [0.25, 0.3) is 0 Å². The highest BCUT2D eigenvalue weighted by Crippen LogP contribution is 2.55. The van der Waals surface area contributed by atoms with Crippen LogP contribution in [0.3, 0.4) is 0 Å². The molecule has 0 amide bonds. The third kappa shape index (κ3) is 4.31. The molecule has 0 spiro atoms. The summed E-state index contributed by atoms with van der Waals surface area (Å²) < 4.78 is 16.9. The average Bonchev–Trinajstić information content (AvgIpc) is 2.38. The Morgan fingerprint density at radius 3 is 2.24 bits per heavy atom. The maximum Gasteiger partial charge on any atom is 0.470 e. The number of phosphoric ester groups is 1. The normalized spacial score (nSPS) is 34.8. The van der Waals surface area contributed by atoms with Crippen molar-refractivity contribution in [2.45, 2.75) is 84.2 Å². The Kier molecular flexibility index (Phi) is 5.25. The predicted octanol–water partition coefficient (Wildman–Crippen LogP) is 4.65. The van der Waals surface area contributed by atoms with Gasteiger partial charge in [0.05, 0.1) is 5.60 Å². The molecule has 2 aliphatic rings. The van der Waals surface area contributed by atoms with Crippen molar-refractivity contribution < 1.29 is 18.9 Å². The van der Waals surface area contributed by atoms with E-state index in [1.165, 1.54) is 25.7 Å². The quantitative estimate of drug-likeness (QED) is 0.740. The molecule has 0 aromatic rings. The van der Waals surface area contributed by atoms with Crippen LogP contribution < -0.4 is 0 Å². The number of rotatable bonds is 4. The minimum atomic E-state index is -4.43. The summed E-state index contributed by atoms with van der Waals surface area (Å²) in [7, 11) is -4.43. The molecule has 0 aliphatic heterocycles. The Morgan fingerprint density at radius 2 is 1.71 bits per heavy atom. The van der Waals surface area contributed by atoms with E-state index in [-0.39, 0.29) is 0 Å². The largest absolute Gasteiger partial charge is 0.470 e. The van der Waals surface area contributed by atoms with Crippen molar-refractivity contribution in [1.82, 2.24) is 0 Å². The Bertz CT molecular complexity index is 393. The first-order valence-corrected chi connectivity index (χ1v) is 9.97. The summed E-state index contributed by atoms with van der Waals surface area (Å²) in [6, 6.07) is 0. The minimum absolute atomic E-state index is 0.306. The van der Waals surface area contributed by atoms with Gasteiger partial charge < -0.3 is 9.79 Å². The van der Waals surface area contributed by atoms with Crippen LogP contribution in [0.1, 0.15) is 78.6 Å². The van der Waals surface area contributed by atoms with E-state index in [1.54, 1.807) is 0 Å². The first-order chi connectivity index (χ1) is 9.68. The van der Waals surface area contributed by atoms with E-state index in [9.17, 15) is 14.4 Å². The molecule has 0 saturated heterocycles. The second-order valence-corrected chi connectivity index (χ2v) is 9.02. The Balaban J connectivity index is 2.16. The minimum Gasteiger partial charge on any atom is -0.303 e. The second-order valence-electron chi connectivity index (χ2n) is 7.85. The van der Waals surface area contributed by atoms with E-state index in [4.69, 9.17) is 4.52 Å². The lowest BCUT2D eigenvalue weighted by Gasteiger charge is -2.49. The Hall–Kier alpha value is 0.110. The van der Waals surface area contributed by atoms with Gasteiger partial charge >= 0.3 is 7.82 Å². The Morgan fingerprint density at radius 1 is 1.10 bits per heavy atom. The molecule has 4 nitrogen and oxygen atoms in total. The van der Waals surface area contributed by atoms with Gasteiger partial charge in [-0.2, -0.15) is 0 Å². The fraction of sp³-hybridized carbons (Fsp3) is 1.00. The predicted molar refractivity (Wildman–Crippen MR) is 83.8 cm³/mol. The molecule has 21 heavy (non-hydrogen) atoms. The lowest BCUT2D eigenvalue weighted by atomic mass is 9.61. The zero-order valence-corrected chi connectivity index (χ0v) is 14.6. The van der Waals surface area contributed by atoms with Crippen LogP contribution >= 0.6 is 7.82 Å². The van der Waals surface area contributed by atoms with Crippen LogP contribution in [0.5, 0.6) is 0 Å². The summed E-state index contributed by atoms with van der Waals surface area (Å²) in [4.78, 5) is 18.7. The van der Waals surface area contributed by atoms with Crippen LogP contribution in [0.15, 0.2) is 0 Å². The number of hydrogen-bond donors (Lipinski definition) is 2. The zero-order valence-electron chi connectivity index (χ0n) is 13.7. The Labute approximate surface area is 128 Å². The smallest absolute Gasteiger partial charge is 0.303 e. The highest BCUT2D eigenvalue weighted by Gasteiger charge is 2.48. The van der Waals surface area contributed by atoms with Gasteiger partial charge in [0.25, 0.3) is 0 Å². The van der Waals surface area contributed by atoms with Crippen molar-refractivity contribution in [3.05, 3.63) is 0 Å². The molecule has 2 unspecified atom stereocenters. The summed E-state index contributed by atoms with van der Waals surface area (Å²) in [5, 5.41) is 0. The van der Waals surface area contributed by atoms with Gasteiger partial charge in [-0.15, -0.1) is 0 Å². The zero-order chi connectivity index (χ0) is 15.7. The van der Waals surface area contributed by atoms with Gasteiger partial charge in [0.1, 0.15) is 0 Å². The summed E-state index contributed by atoms with van der Waals surface area (Å²) in [6.45, 7) is 6.66. The first kappa shape index (κ1) is 17.5. The van der Waals surface area contributed by atoms with Gasteiger partial charge in [0.15, 0.2) is 0 Å². The van der Waals surface area contributed by atoms with Crippen molar-refractivity contribution in [2.24, 2.45) is 17.3 Å². The van der Waals surface area contributed by atoms with Gasteiger partial charge in [-0.1, -0.05) is 33.6 Å². The molecule has 0 bridgehead atoms. The molecule has 2 saturated carbocycles. The van der Waals surface area contributed by atoms with Gasteiger partial charge in [0.2, 0.25) is 0 Å². The summed E-state index contributed by atoms with van der Waals surface area (Å²) >= 11 is 0. The third-order valence-corrected chi connectivity index (χ3v) is 6.49.